The third kappa shape index (κ3) is 2.32. The lowest BCUT2D eigenvalue weighted by molar-refractivity contribution is -0.671. The maximum absolute atomic E-state index is 5.88. The number of nitrogens with two attached hydrogens (primary N) is 1. The quantitative estimate of drug-likeness (QED) is 0.697. The molecule has 0 aliphatic rings. The molecule has 0 aromatic carbocycles. The molecule has 0 saturated carbocycles. The molecule has 104 valence electrons. The van der Waals surface area contributed by atoms with E-state index in [2.05, 4.69) is 34.4 Å². The molecule has 3 aromatic heterocycles. The summed E-state index contributed by atoms with van der Waals surface area (Å²) in [4.78, 5) is 0. The lowest BCUT2D eigenvalue weighted by Crippen LogP contribution is -2.26. The van der Waals surface area contributed by atoms with E-state index in [9.17, 15) is 0 Å². The summed E-state index contributed by atoms with van der Waals surface area (Å²) in [5.74, 6) is 0.947. The van der Waals surface area contributed by atoms with Gasteiger partial charge in [0, 0.05) is 0 Å². The van der Waals surface area contributed by atoms with Crippen molar-refractivity contribution in [2.45, 2.75) is 19.5 Å². The summed E-state index contributed by atoms with van der Waals surface area (Å²) in [6.07, 6.45) is 7.83. The Hall–Kier alpha value is -2.50. The van der Waals surface area contributed by atoms with Crippen molar-refractivity contribution in [2.75, 3.05) is 11.1 Å². The molecule has 6 heteroatoms. The molecule has 0 saturated heterocycles. The van der Waals surface area contributed by atoms with Crippen LogP contribution in [0.25, 0.3) is 5.52 Å². The highest BCUT2D eigenvalue weighted by Crippen LogP contribution is 2.18. The van der Waals surface area contributed by atoms with Crippen LogP contribution in [0.15, 0.2) is 43.1 Å². The SMILES string of the molecule is CC(Cn1cc[n+](C)c1)Nc1cccc2c(N)cnn12. The smallest absolute Gasteiger partial charge is 0.243 e. The Morgan fingerprint density at radius 1 is 1.45 bits per heavy atom. The van der Waals surface area contributed by atoms with Gasteiger partial charge in [-0.05, 0) is 19.1 Å². The molecular formula is C14H19N6+. The van der Waals surface area contributed by atoms with E-state index in [0.29, 0.717) is 5.69 Å². The summed E-state index contributed by atoms with van der Waals surface area (Å²) < 4.78 is 6.01. The molecule has 0 spiro atoms. The topological polar surface area (TPSA) is 64.2 Å². The Morgan fingerprint density at radius 3 is 3.05 bits per heavy atom. The molecule has 0 fully saturated rings. The molecule has 3 heterocycles. The van der Waals surface area contributed by atoms with Crippen molar-refractivity contribution in [3.8, 4) is 0 Å². The number of fused-ring (bicyclic) bond motifs is 1. The Balaban J connectivity index is 1.78. The maximum Gasteiger partial charge on any atom is 0.243 e. The first-order chi connectivity index (χ1) is 9.63. The predicted octanol–water partition coefficient (Wildman–Crippen LogP) is 1.04. The first kappa shape index (κ1) is 12.5. The van der Waals surface area contributed by atoms with Crippen LogP contribution in [0.2, 0.25) is 0 Å². The van der Waals surface area contributed by atoms with Gasteiger partial charge < -0.3 is 11.1 Å². The van der Waals surface area contributed by atoms with Gasteiger partial charge in [-0.2, -0.15) is 5.10 Å². The van der Waals surface area contributed by atoms with Gasteiger partial charge in [0.15, 0.2) is 0 Å². The van der Waals surface area contributed by atoms with Gasteiger partial charge in [-0.15, -0.1) is 0 Å². The number of nitrogens with zero attached hydrogens (tertiary/aromatic N) is 4. The zero-order valence-electron chi connectivity index (χ0n) is 11.7. The van der Waals surface area contributed by atoms with Gasteiger partial charge in [-0.25, -0.2) is 13.6 Å². The number of imidazole rings is 1. The van der Waals surface area contributed by atoms with E-state index >= 15 is 0 Å². The highest BCUT2D eigenvalue weighted by molar-refractivity contribution is 5.70. The van der Waals surface area contributed by atoms with Gasteiger partial charge in [0.25, 0.3) is 0 Å². The van der Waals surface area contributed by atoms with Crippen molar-refractivity contribution >= 4 is 17.0 Å². The van der Waals surface area contributed by atoms with Crippen LogP contribution in [0, 0.1) is 0 Å². The van der Waals surface area contributed by atoms with E-state index in [-0.39, 0.29) is 6.04 Å². The second-order valence-electron chi connectivity index (χ2n) is 5.13. The van der Waals surface area contributed by atoms with Crippen molar-refractivity contribution in [2.24, 2.45) is 7.05 Å². The molecule has 1 atom stereocenters. The fraction of sp³-hybridized carbons (Fsp3) is 0.286. The molecule has 1 unspecified atom stereocenters. The summed E-state index contributed by atoms with van der Waals surface area (Å²) in [6.45, 7) is 3.03. The standard InChI is InChI=1S/C14H19N6/c1-11(9-19-7-6-18(2)10-19)17-14-5-3-4-13-12(15)8-16-20(13)14/h3-8,10-11,17H,9,15H2,1-2H3/q+1. The Labute approximate surface area is 117 Å². The van der Waals surface area contributed by atoms with E-state index < -0.39 is 0 Å². The van der Waals surface area contributed by atoms with Crippen LogP contribution in [0.1, 0.15) is 6.92 Å². The van der Waals surface area contributed by atoms with Crippen LogP contribution in [-0.2, 0) is 13.6 Å². The number of nitrogens with one attached hydrogen (secondary N) is 1. The average molecular weight is 271 g/mol. The summed E-state index contributed by atoms with van der Waals surface area (Å²) in [7, 11) is 2.02. The summed E-state index contributed by atoms with van der Waals surface area (Å²) in [5.41, 5.74) is 7.50. The fourth-order valence-corrected chi connectivity index (χ4v) is 2.36. The van der Waals surface area contributed by atoms with Crippen molar-refractivity contribution in [1.82, 2.24) is 14.2 Å². The van der Waals surface area contributed by atoms with Crippen LogP contribution < -0.4 is 15.6 Å². The largest absolute Gasteiger partial charge is 0.396 e. The predicted molar refractivity (Wildman–Crippen MR) is 78.3 cm³/mol. The van der Waals surface area contributed by atoms with Crippen LogP contribution >= 0.6 is 0 Å². The maximum atomic E-state index is 5.88. The van der Waals surface area contributed by atoms with Crippen molar-refractivity contribution in [1.29, 1.82) is 0 Å². The summed E-state index contributed by atoms with van der Waals surface area (Å²) in [5, 5.41) is 7.77. The van der Waals surface area contributed by atoms with Gasteiger partial charge in [0.2, 0.25) is 6.33 Å². The number of pyridine rings is 1. The normalized spacial score (nSPS) is 12.7. The molecule has 3 aromatic rings. The second kappa shape index (κ2) is 4.88. The highest BCUT2D eigenvalue weighted by atomic mass is 15.3. The van der Waals surface area contributed by atoms with Gasteiger partial charge >= 0.3 is 0 Å². The number of rotatable bonds is 4. The van der Waals surface area contributed by atoms with Crippen molar-refractivity contribution in [3.05, 3.63) is 43.1 Å². The molecule has 3 rings (SSSR count). The fourth-order valence-electron chi connectivity index (χ4n) is 2.36. The number of anilines is 2. The number of hydrogen-bond acceptors (Lipinski definition) is 3. The van der Waals surface area contributed by atoms with Gasteiger partial charge in [-0.1, -0.05) is 6.07 Å². The number of hydrogen-bond donors (Lipinski definition) is 2. The van der Waals surface area contributed by atoms with Gasteiger partial charge in [0.05, 0.1) is 30.5 Å². The van der Waals surface area contributed by atoms with E-state index in [0.717, 1.165) is 17.9 Å². The molecule has 0 amide bonds. The average Bonchev–Trinajstić information content (AvgIpc) is 2.98. The van der Waals surface area contributed by atoms with Gasteiger partial charge in [0.1, 0.15) is 24.8 Å². The number of nitrogen functional groups attached to an aromatic ring is 1. The second-order valence-corrected chi connectivity index (χ2v) is 5.13. The minimum absolute atomic E-state index is 0.276. The molecule has 0 radical (unpaired) electrons. The number of aryl methyl sites for hydroxylation is 1. The molecule has 20 heavy (non-hydrogen) atoms. The molecule has 6 nitrogen and oxygen atoms in total. The van der Waals surface area contributed by atoms with Crippen LogP contribution in [0.4, 0.5) is 11.5 Å². The third-order valence-electron chi connectivity index (χ3n) is 3.28. The highest BCUT2D eigenvalue weighted by Gasteiger charge is 2.10. The van der Waals surface area contributed by atoms with E-state index in [1.807, 2.05) is 40.5 Å². The molecule has 0 aliphatic heterocycles. The summed E-state index contributed by atoms with van der Waals surface area (Å²) in [6, 6.07) is 6.23. The van der Waals surface area contributed by atoms with E-state index in [4.69, 9.17) is 5.73 Å². The first-order valence-corrected chi connectivity index (χ1v) is 6.63. The molecule has 0 bridgehead atoms. The van der Waals surface area contributed by atoms with E-state index in [1.54, 1.807) is 6.20 Å². The first-order valence-electron chi connectivity index (χ1n) is 6.63. The van der Waals surface area contributed by atoms with Crippen molar-refractivity contribution in [3.63, 3.8) is 0 Å². The van der Waals surface area contributed by atoms with E-state index in [1.165, 1.54) is 0 Å². The van der Waals surface area contributed by atoms with Gasteiger partial charge in [-0.3, -0.25) is 0 Å². The summed E-state index contributed by atoms with van der Waals surface area (Å²) >= 11 is 0. The molecular weight excluding hydrogens is 252 g/mol. The molecule has 3 N–H and O–H groups in total. The Kier molecular flexibility index (Phi) is 3.06. The minimum atomic E-state index is 0.276. The number of aromatic nitrogens is 4. The minimum Gasteiger partial charge on any atom is -0.396 e. The van der Waals surface area contributed by atoms with Crippen LogP contribution in [0.5, 0.6) is 0 Å². The Bertz CT molecular complexity index is 726. The van der Waals surface area contributed by atoms with Crippen molar-refractivity contribution < 1.29 is 4.57 Å². The zero-order chi connectivity index (χ0) is 14.1. The van der Waals surface area contributed by atoms with Crippen LogP contribution in [0.3, 0.4) is 0 Å². The zero-order valence-corrected chi connectivity index (χ0v) is 11.7. The third-order valence-corrected chi connectivity index (χ3v) is 3.28. The lowest BCUT2D eigenvalue weighted by Gasteiger charge is -2.14. The monoisotopic (exact) mass is 271 g/mol. The lowest BCUT2D eigenvalue weighted by atomic mass is 10.3. The Morgan fingerprint density at radius 2 is 2.30 bits per heavy atom. The molecule has 0 aliphatic carbocycles. The van der Waals surface area contributed by atoms with Crippen LogP contribution in [-0.4, -0.2) is 20.2 Å².